The van der Waals surface area contributed by atoms with Gasteiger partial charge in [-0.25, -0.2) is 4.79 Å². The fourth-order valence-corrected chi connectivity index (χ4v) is 3.16. The van der Waals surface area contributed by atoms with Crippen LogP contribution in [0.3, 0.4) is 0 Å². The quantitative estimate of drug-likeness (QED) is 0.663. The lowest BCUT2D eigenvalue weighted by Gasteiger charge is -2.32. The molecule has 0 unspecified atom stereocenters. The summed E-state index contributed by atoms with van der Waals surface area (Å²) in [7, 11) is 0. The number of carbonyl (C=O) groups excluding carboxylic acids is 1. The van der Waals surface area contributed by atoms with Gasteiger partial charge in [0.1, 0.15) is 11.5 Å². The van der Waals surface area contributed by atoms with Gasteiger partial charge >= 0.3 is 6.09 Å². The van der Waals surface area contributed by atoms with E-state index in [2.05, 4.69) is 5.32 Å². The second-order valence-corrected chi connectivity index (χ2v) is 7.89. The molecule has 1 N–H and O–H groups in total. The second-order valence-electron chi connectivity index (χ2n) is 7.46. The van der Waals surface area contributed by atoms with Crippen LogP contribution in [0.25, 0.3) is 0 Å². The zero-order valence-electron chi connectivity index (χ0n) is 16.4. The summed E-state index contributed by atoms with van der Waals surface area (Å²) in [6.45, 7) is 5.98. The topological polar surface area (TPSA) is 50.8 Å². The molecule has 1 fully saturated rings. The van der Waals surface area contributed by atoms with E-state index in [1.54, 1.807) is 17.0 Å². The molecule has 0 radical (unpaired) electrons. The number of carbonyl (C=O) groups is 1. The Labute approximate surface area is 171 Å². The molecule has 2 aromatic rings. The van der Waals surface area contributed by atoms with Gasteiger partial charge in [-0.1, -0.05) is 25.4 Å². The number of likely N-dealkylation sites (tertiary alicyclic amines) is 1. The molecular formula is C22H27ClN2O3. The molecule has 0 aliphatic carbocycles. The summed E-state index contributed by atoms with van der Waals surface area (Å²) in [5, 5.41) is 4.22. The largest absolute Gasteiger partial charge is 0.457 e. The van der Waals surface area contributed by atoms with E-state index in [1.807, 2.05) is 50.2 Å². The molecule has 150 valence electrons. The van der Waals surface area contributed by atoms with E-state index >= 15 is 0 Å². The molecule has 0 saturated carbocycles. The first-order valence-corrected chi connectivity index (χ1v) is 10.1. The number of ether oxygens (including phenoxy) is 2. The Hall–Kier alpha value is -2.40. The number of rotatable bonds is 6. The number of hydrogen-bond acceptors (Lipinski definition) is 4. The number of anilines is 1. The monoisotopic (exact) mass is 402 g/mol. The summed E-state index contributed by atoms with van der Waals surface area (Å²) in [5.74, 6) is 1.88. The number of hydrogen-bond donors (Lipinski definition) is 1. The van der Waals surface area contributed by atoms with Crippen LogP contribution in [0.2, 0.25) is 5.02 Å². The van der Waals surface area contributed by atoms with Crippen molar-refractivity contribution in [2.24, 2.45) is 5.92 Å². The third-order valence-corrected chi connectivity index (χ3v) is 4.82. The zero-order valence-corrected chi connectivity index (χ0v) is 17.1. The minimum atomic E-state index is -0.198. The molecule has 0 spiro atoms. The van der Waals surface area contributed by atoms with Crippen molar-refractivity contribution in [1.82, 2.24) is 4.90 Å². The third-order valence-electron chi connectivity index (χ3n) is 4.57. The smallest absolute Gasteiger partial charge is 0.409 e. The first-order chi connectivity index (χ1) is 13.5. The minimum Gasteiger partial charge on any atom is -0.457 e. The highest BCUT2D eigenvalue weighted by Gasteiger charge is 2.23. The molecule has 6 heteroatoms. The van der Waals surface area contributed by atoms with Gasteiger partial charge in [-0.3, -0.25) is 0 Å². The lowest BCUT2D eigenvalue weighted by atomic mass is 10.1. The summed E-state index contributed by atoms with van der Waals surface area (Å²) in [5.41, 5.74) is 1.05. The lowest BCUT2D eigenvalue weighted by Crippen LogP contribution is -2.42. The van der Waals surface area contributed by atoms with Gasteiger partial charge in [-0.05, 0) is 67.3 Å². The fourth-order valence-electron chi connectivity index (χ4n) is 3.03. The molecule has 0 atom stereocenters. The van der Waals surface area contributed by atoms with E-state index < -0.39 is 0 Å². The van der Waals surface area contributed by atoms with Crippen molar-refractivity contribution in [3.63, 3.8) is 0 Å². The van der Waals surface area contributed by atoms with Gasteiger partial charge in [-0.15, -0.1) is 0 Å². The molecule has 2 aromatic carbocycles. The predicted molar refractivity (Wildman–Crippen MR) is 112 cm³/mol. The Bertz CT molecular complexity index is 754. The Kier molecular flexibility index (Phi) is 7.04. The second kappa shape index (κ2) is 9.69. The van der Waals surface area contributed by atoms with Crippen molar-refractivity contribution >= 4 is 23.4 Å². The van der Waals surface area contributed by atoms with Crippen LogP contribution < -0.4 is 10.1 Å². The van der Waals surface area contributed by atoms with Crippen LogP contribution in [0.15, 0.2) is 48.5 Å². The Morgan fingerprint density at radius 1 is 1.07 bits per heavy atom. The van der Waals surface area contributed by atoms with Crippen LogP contribution in [-0.2, 0) is 4.74 Å². The molecule has 5 nitrogen and oxygen atoms in total. The van der Waals surface area contributed by atoms with E-state index in [0.29, 0.717) is 36.7 Å². The molecule has 0 bridgehead atoms. The highest BCUT2D eigenvalue weighted by atomic mass is 35.5. The molecule has 1 saturated heterocycles. The summed E-state index contributed by atoms with van der Waals surface area (Å²) in [4.78, 5) is 13.8. The maximum absolute atomic E-state index is 12.0. The van der Waals surface area contributed by atoms with E-state index in [-0.39, 0.29) is 6.09 Å². The van der Waals surface area contributed by atoms with Crippen LogP contribution in [0, 0.1) is 5.92 Å². The van der Waals surface area contributed by atoms with Gasteiger partial charge in [0, 0.05) is 29.8 Å². The third kappa shape index (κ3) is 6.06. The zero-order chi connectivity index (χ0) is 19.9. The average molecular weight is 403 g/mol. The minimum absolute atomic E-state index is 0.198. The molecule has 1 amide bonds. The number of benzene rings is 2. The van der Waals surface area contributed by atoms with E-state index in [1.165, 1.54) is 0 Å². The molecule has 3 rings (SSSR count). The summed E-state index contributed by atoms with van der Waals surface area (Å²) in [6.07, 6.45) is 1.61. The van der Waals surface area contributed by atoms with Crippen molar-refractivity contribution in [2.75, 3.05) is 25.0 Å². The first-order valence-electron chi connectivity index (χ1n) is 9.71. The van der Waals surface area contributed by atoms with Crippen LogP contribution in [-0.4, -0.2) is 36.7 Å². The molecule has 0 aromatic heterocycles. The molecule has 1 aliphatic rings. The molecule has 1 aliphatic heterocycles. The predicted octanol–water partition coefficient (Wildman–Crippen LogP) is 5.80. The molecular weight excluding hydrogens is 376 g/mol. The van der Waals surface area contributed by atoms with Crippen molar-refractivity contribution < 1.29 is 14.3 Å². The van der Waals surface area contributed by atoms with Gasteiger partial charge < -0.3 is 19.7 Å². The number of nitrogens with zero attached hydrogens (tertiary/aromatic N) is 1. The van der Waals surface area contributed by atoms with Gasteiger partial charge in [0.25, 0.3) is 0 Å². The van der Waals surface area contributed by atoms with Gasteiger partial charge in [0.2, 0.25) is 0 Å². The van der Waals surface area contributed by atoms with Gasteiger partial charge in [-0.2, -0.15) is 0 Å². The van der Waals surface area contributed by atoms with Crippen molar-refractivity contribution in [1.29, 1.82) is 0 Å². The standard InChI is InChI=1S/C22H27ClN2O3/c1-16(2)15-27-22(26)25-13-11-19(12-14-25)24-18-5-9-21(10-6-18)28-20-7-3-17(23)4-8-20/h3-10,16,19,24H,11-15H2,1-2H3. The van der Waals surface area contributed by atoms with Crippen LogP contribution >= 0.6 is 11.6 Å². The van der Waals surface area contributed by atoms with Gasteiger partial charge in [0.05, 0.1) is 6.61 Å². The summed E-state index contributed by atoms with van der Waals surface area (Å²) in [6, 6.07) is 15.5. The fraction of sp³-hybridized carbons (Fsp3) is 0.409. The summed E-state index contributed by atoms with van der Waals surface area (Å²) < 4.78 is 11.1. The van der Waals surface area contributed by atoms with Gasteiger partial charge in [0.15, 0.2) is 0 Å². The SMILES string of the molecule is CC(C)COC(=O)N1CCC(Nc2ccc(Oc3ccc(Cl)cc3)cc2)CC1. The average Bonchev–Trinajstić information content (AvgIpc) is 2.70. The number of amides is 1. The van der Waals surface area contributed by atoms with Crippen molar-refractivity contribution in [3.05, 3.63) is 53.6 Å². The lowest BCUT2D eigenvalue weighted by molar-refractivity contribution is 0.0845. The normalized spacial score (nSPS) is 14.8. The van der Waals surface area contributed by atoms with E-state index in [9.17, 15) is 4.79 Å². The maximum atomic E-state index is 12.0. The Balaban J connectivity index is 1.45. The van der Waals surface area contributed by atoms with Crippen LogP contribution in [0.5, 0.6) is 11.5 Å². The highest BCUT2D eigenvalue weighted by Crippen LogP contribution is 2.25. The molecule has 1 heterocycles. The van der Waals surface area contributed by atoms with E-state index in [4.69, 9.17) is 21.1 Å². The van der Waals surface area contributed by atoms with Crippen LogP contribution in [0.1, 0.15) is 26.7 Å². The number of halogens is 1. The summed E-state index contributed by atoms with van der Waals surface area (Å²) >= 11 is 5.89. The van der Waals surface area contributed by atoms with Crippen LogP contribution in [0.4, 0.5) is 10.5 Å². The Morgan fingerprint density at radius 2 is 1.64 bits per heavy atom. The number of nitrogens with one attached hydrogen (secondary N) is 1. The van der Waals surface area contributed by atoms with E-state index in [0.717, 1.165) is 30.0 Å². The maximum Gasteiger partial charge on any atom is 0.409 e. The van der Waals surface area contributed by atoms with Crippen molar-refractivity contribution in [2.45, 2.75) is 32.7 Å². The number of piperidine rings is 1. The first kappa shape index (κ1) is 20.3. The van der Waals surface area contributed by atoms with Crippen molar-refractivity contribution in [3.8, 4) is 11.5 Å². The highest BCUT2D eigenvalue weighted by molar-refractivity contribution is 6.30. The molecule has 28 heavy (non-hydrogen) atoms. The Morgan fingerprint density at radius 3 is 2.21 bits per heavy atom.